The molecule has 1 heterocycles. The van der Waals surface area contributed by atoms with Gasteiger partial charge in [-0.15, -0.1) is 0 Å². The van der Waals surface area contributed by atoms with Gasteiger partial charge in [0.1, 0.15) is 17.2 Å². The zero-order valence-electron chi connectivity index (χ0n) is 20.7. The molecule has 0 aromatic heterocycles. The number of benzene rings is 2. The van der Waals surface area contributed by atoms with E-state index in [-0.39, 0.29) is 17.2 Å². The lowest BCUT2D eigenvalue weighted by Gasteiger charge is -2.49. The van der Waals surface area contributed by atoms with Crippen molar-refractivity contribution in [3.05, 3.63) is 64.7 Å². The summed E-state index contributed by atoms with van der Waals surface area (Å²) in [7, 11) is -3.96. The van der Waals surface area contributed by atoms with Crippen molar-refractivity contribution < 1.29 is 22.0 Å². The lowest BCUT2D eigenvalue weighted by Crippen LogP contribution is -2.59. The Morgan fingerprint density at radius 1 is 1.14 bits per heavy atom. The average Bonchev–Trinajstić information content (AvgIpc) is 2.83. The SMILES string of the molecule is CCC1CCCCN=CC12CCC(NC(=O)c1c(F)cccc1F)CC2NS(=O)(=O)c1cccc(Cl)c1. The number of nitrogens with one attached hydrogen (secondary N) is 2. The maximum Gasteiger partial charge on any atom is 0.257 e. The summed E-state index contributed by atoms with van der Waals surface area (Å²) in [6.07, 6.45) is 7.05. The highest BCUT2D eigenvalue weighted by Gasteiger charge is 2.49. The van der Waals surface area contributed by atoms with Crippen molar-refractivity contribution in [1.82, 2.24) is 10.0 Å². The molecule has 1 amide bonds. The summed E-state index contributed by atoms with van der Waals surface area (Å²) < 4.78 is 58.3. The van der Waals surface area contributed by atoms with Gasteiger partial charge in [0, 0.05) is 35.3 Å². The van der Waals surface area contributed by atoms with Crippen molar-refractivity contribution in [3.8, 4) is 0 Å². The van der Waals surface area contributed by atoms with E-state index in [0.717, 1.165) is 37.8 Å². The summed E-state index contributed by atoms with van der Waals surface area (Å²) in [4.78, 5) is 17.5. The van der Waals surface area contributed by atoms with Gasteiger partial charge in [-0.25, -0.2) is 21.9 Å². The maximum absolute atomic E-state index is 14.2. The van der Waals surface area contributed by atoms with Crippen molar-refractivity contribution in [2.45, 2.75) is 68.8 Å². The van der Waals surface area contributed by atoms with Crippen LogP contribution < -0.4 is 10.0 Å². The van der Waals surface area contributed by atoms with Crippen LogP contribution in [0.2, 0.25) is 5.02 Å². The van der Waals surface area contributed by atoms with Crippen LogP contribution in [0, 0.1) is 23.0 Å². The third-order valence-corrected chi connectivity index (χ3v) is 9.40. The quantitative estimate of drug-likeness (QED) is 0.496. The molecule has 2 N–H and O–H groups in total. The van der Waals surface area contributed by atoms with Crippen molar-refractivity contribution in [2.75, 3.05) is 6.54 Å². The largest absolute Gasteiger partial charge is 0.349 e. The molecule has 0 saturated heterocycles. The minimum Gasteiger partial charge on any atom is -0.349 e. The van der Waals surface area contributed by atoms with E-state index in [2.05, 4.69) is 22.0 Å². The van der Waals surface area contributed by atoms with E-state index in [4.69, 9.17) is 11.6 Å². The average molecular weight is 552 g/mol. The van der Waals surface area contributed by atoms with Gasteiger partial charge < -0.3 is 5.32 Å². The number of hydrogen-bond acceptors (Lipinski definition) is 4. The molecule has 2 aromatic rings. The molecule has 0 bridgehead atoms. The smallest absolute Gasteiger partial charge is 0.257 e. The van der Waals surface area contributed by atoms with Crippen molar-refractivity contribution in [2.24, 2.45) is 16.3 Å². The van der Waals surface area contributed by atoms with Crippen LogP contribution >= 0.6 is 11.6 Å². The molecule has 4 rings (SSSR count). The van der Waals surface area contributed by atoms with E-state index < -0.39 is 50.6 Å². The molecule has 2 aromatic carbocycles. The number of hydrogen-bond donors (Lipinski definition) is 2. The summed E-state index contributed by atoms with van der Waals surface area (Å²) in [5.41, 5.74) is -1.19. The molecule has 4 atom stereocenters. The van der Waals surface area contributed by atoms with E-state index in [1.165, 1.54) is 18.2 Å². The molecular weight excluding hydrogens is 520 g/mol. The highest BCUT2D eigenvalue weighted by molar-refractivity contribution is 7.89. The first-order chi connectivity index (χ1) is 17.7. The summed E-state index contributed by atoms with van der Waals surface area (Å²) in [5.74, 6) is -2.56. The number of carbonyl (C=O) groups excluding carboxylic acids is 1. The molecule has 37 heavy (non-hydrogen) atoms. The van der Waals surface area contributed by atoms with Crippen molar-refractivity contribution >= 4 is 33.7 Å². The lowest BCUT2D eigenvalue weighted by molar-refractivity contribution is 0.0834. The molecule has 1 spiro atoms. The summed E-state index contributed by atoms with van der Waals surface area (Å²) in [6, 6.07) is 8.24. The fourth-order valence-electron chi connectivity index (χ4n) is 5.80. The molecule has 1 aliphatic carbocycles. The predicted molar refractivity (Wildman–Crippen MR) is 140 cm³/mol. The van der Waals surface area contributed by atoms with Gasteiger partial charge in [-0.1, -0.05) is 43.5 Å². The molecule has 6 nitrogen and oxygen atoms in total. The van der Waals surface area contributed by atoms with E-state index in [9.17, 15) is 22.0 Å². The van der Waals surface area contributed by atoms with Crippen LogP contribution in [0.25, 0.3) is 0 Å². The zero-order chi connectivity index (χ0) is 26.6. The first kappa shape index (κ1) is 27.7. The molecule has 1 saturated carbocycles. The predicted octanol–water partition coefficient (Wildman–Crippen LogP) is 5.51. The first-order valence-electron chi connectivity index (χ1n) is 12.7. The van der Waals surface area contributed by atoms with Crippen LogP contribution in [0.4, 0.5) is 8.78 Å². The van der Waals surface area contributed by atoms with E-state index in [1.54, 1.807) is 12.1 Å². The van der Waals surface area contributed by atoms with Crippen LogP contribution in [0.3, 0.4) is 0 Å². The minimum absolute atomic E-state index is 0.0468. The van der Waals surface area contributed by atoms with Gasteiger partial charge >= 0.3 is 0 Å². The summed E-state index contributed by atoms with van der Waals surface area (Å²) in [5, 5.41) is 3.05. The van der Waals surface area contributed by atoms with Gasteiger partial charge in [0.15, 0.2) is 0 Å². The molecule has 200 valence electrons. The third-order valence-electron chi connectivity index (χ3n) is 7.70. The molecule has 4 unspecified atom stereocenters. The van der Waals surface area contributed by atoms with Gasteiger partial charge in [-0.2, -0.15) is 0 Å². The van der Waals surface area contributed by atoms with Gasteiger partial charge in [-0.05, 0) is 68.4 Å². The second kappa shape index (κ2) is 11.6. The minimum atomic E-state index is -3.96. The molecule has 10 heteroatoms. The van der Waals surface area contributed by atoms with E-state index in [0.29, 0.717) is 24.4 Å². The van der Waals surface area contributed by atoms with Gasteiger partial charge in [0.05, 0.1) is 4.90 Å². The monoisotopic (exact) mass is 551 g/mol. The number of halogens is 3. The van der Waals surface area contributed by atoms with Gasteiger partial charge in [0.2, 0.25) is 10.0 Å². The molecule has 2 aliphatic rings. The number of sulfonamides is 1. The standard InChI is InChI=1S/C27H32ClF2N3O3S/c1-2-18-7-3-4-14-31-17-27(18)13-12-20(32-26(34)25-22(29)10-6-11-23(25)30)16-24(27)33-37(35,36)21-9-5-8-19(28)15-21/h5-6,8-11,15,17-18,20,24,33H,2-4,7,12-14,16H2,1H3,(H,32,34). The fraction of sp³-hybridized carbons (Fsp3) is 0.481. The van der Waals surface area contributed by atoms with Crippen molar-refractivity contribution in [3.63, 3.8) is 0 Å². The number of carbonyl (C=O) groups is 1. The number of nitrogens with zero attached hydrogens (tertiary/aromatic N) is 1. The topological polar surface area (TPSA) is 87.6 Å². The highest BCUT2D eigenvalue weighted by atomic mass is 35.5. The fourth-order valence-corrected chi connectivity index (χ4v) is 7.42. The zero-order valence-corrected chi connectivity index (χ0v) is 22.3. The van der Waals surface area contributed by atoms with Crippen molar-refractivity contribution in [1.29, 1.82) is 0 Å². The Morgan fingerprint density at radius 3 is 2.57 bits per heavy atom. The Labute approximate surface area is 222 Å². The third kappa shape index (κ3) is 6.04. The maximum atomic E-state index is 14.2. The Hall–Kier alpha value is -2.36. The molecule has 0 radical (unpaired) electrons. The summed E-state index contributed by atoms with van der Waals surface area (Å²) in [6.45, 7) is 2.78. The number of aliphatic imine (C=N–C) groups is 1. The molecule has 1 aliphatic heterocycles. The molecule has 1 fully saturated rings. The van der Waals surface area contributed by atoms with Crippen LogP contribution in [0.1, 0.15) is 62.2 Å². The normalized spacial score (nSPS) is 26.4. The van der Waals surface area contributed by atoms with Crippen LogP contribution in [-0.4, -0.2) is 39.2 Å². The number of amides is 1. The highest BCUT2D eigenvalue weighted by Crippen LogP contribution is 2.46. The van der Waals surface area contributed by atoms with E-state index >= 15 is 0 Å². The Morgan fingerprint density at radius 2 is 1.86 bits per heavy atom. The lowest BCUT2D eigenvalue weighted by atomic mass is 9.60. The van der Waals surface area contributed by atoms with Crippen LogP contribution in [0.15, 0.2) is 52.4 Å². The number of rotatable bonds is 6. The second-order valence-electron chi connectivity index (χ2n) is 9.92. The van der Waals surface area contributed by atoms with Crippen LogP contribution in [-0.2, 0) is 10.0 Å². The van der Waals surface area contributed by atoms with Gasteiger partial charge in [-0.3, -0.25) is 9.79 Å². The Kier molecular flexibility index (Phi) is 8.66. The Balaban J connectivity index is 1.67. The first-order valence-corrected chi connectivity index (χ1v) is 14.6. The summed E-state index contributed by atoms with van der Waals surface area (Å²) >= 11 is 6.06. The second-order valence-corrected chi connectivity index (χ2v) is 12.1. The Bertz CT molecular complexity index is 1250. The van der Waals surface area contributed by atoms with Crippen LogP contribution in [0.5, 0.6) is 0 Å². The van der Waals surface area contributed by atoms with E-state index in [1.807, 2.05) is 6.21 Å². The molecular formula is C27H32ClF2N3O3S. The van der Waals surface area contributed by atoms with Gasteiger partial charge in [0.25, 0.3) is 5.91 Å².